The molecule has 124 valence electrons. The lowest BCUT2D eigenvalue weighted by Crippen LogP contribution is -2.29. The van der Waals surface area contributed by atoms with Crippen molar-refractivity contribution in [2.75, 3.05) is 13.2 Å². The average Bonchev–Trinajstić information content (AvgIpc) is 3.10. The Bertz CT molecular complexity index is 905. The molecular formula is C16H15FN4O3. The Morgan fingerprint density at radius 1 is 1.38 bits per heavy atom. The van der Waals surface area contributed by atoms with E-state index in [1.165, 1.54) is 35.3 Å². The first-order chi connectivity index (χ1) is 11.6. The molecule has 0 aliphatic heterocycles. The summed E-state index contributed by atoms with van der Waals surface area (Å²) < 4.78 is 20.8. The number of carbonyl (C=O) groups excluding carboxylic acids is 1. The van der Waals surface area contributed by atoms with E-state index in [9.17, 15) is 14.0 Å². The van der Waals surface area contributed by atoms with Crippen LogP contribution in [0.1, 0.15) is 6.42 Å². The number of amides is 1. The number of nitrogens with zero attached hydrogens (tertiary/aromatic N) is 2. The van der Waals surface area contributed by atoms with E-state index in [-0.39, 0.29) is 17.1 Å². The van der Waals surface area contributed by atoms with Crippen LogP contribution in [-0.2, 0) is 0 Å². The summed E-state index contributed by atoms with van der Waals surface area (Å²) in [5.41, 5.74) is -0.203. The highest BCUT2D eigenvalue weighted by Gasteiger charge is 2.06. The Labute approximate surface area is 136 Å². The van der Waals surface area contributed by atoms with Crippen molar-refractivity contribution in [3.05, 3.63) is 59.2 Å². The van der Waals surface area contributed by atoms with Gasteiger partial charge in [0.25, 0.3) is 0 Å². The van der Waals surface area contributed by atoms with Gasteiger partial charge in [-0.05, 0) is 18.6 Å². The number of carbonyl (C=O) groups is 1. The lowest BCUT2D eigenvalue weighted by molar-refractivity contribution is 0.240. The minimum Gasteiger partial charge on any atom is -0.493 e. The van der Waals surface area contributed by atoms with E-state index in [0.29, 0.717) is 30.7 Å². The molecule has 0 aliphatic carbocycles. The maximum atomic E-state index is 13.9. The molecule has 8 heteroatoms. The summed E-state index contributed by atoms with van der Waals surface area (Å²) in [5.74, 6) is -0.179. The number of pyridine rings is 1. The molecule has 1 aromatic carbocycles. The number of benzene rings is 1. The summed E-state index contributed by atoms with van der Waals surface area (Å²) in [5, 5.41) is 3.26. The average molecular weight is 330 g/mol. The van der Waals surface area contributed by atoms with Gasteiger partial charge in [-0.2, -0.15) is 0 Å². The molecule has 0 saturated heterocycles. The van der Waals surface area contributed by atoms with Gasteiger partial charge in [0.1, 0.15) is 12.1 Å². The van der Waals surface area contributed by atoms with Crippen molar-refractivity contribution in [1.29, 1.82) is 0 Å². The van der Waals surface area contributed by atoms with Crippen LogP contribution in [-0.4, -0.2) is 33.7 Å². The number of aromatic amines is 1. The van der Waals surface area contributed by atoms with Gasteiger partial charge in [0.2, 0.25) is 5.56 Å². The maximum absolute atomic E-state index is 13.9. The fourth-order valence-electron chi connectivity index (χ4n) is 2.21. The fraction of sp³-hybridized carbons (Fsp3) is 0.188. The number of ether oxygens (including phenoxy) is 1. The number of hydrogen-bond acceptors (Lipinski definition) is 4. The molecule has 3 rings (SSSR count). The minimum atomic E-state index is -0.548. The Morgan fingerprint density at radius 2 is 2.25 bits per heavy atom. The number of aromatic nitrogens is 3. The van der Waals surface area contributed by atoms with Gasteiger partial charge in [0.05, 0.1) is 12.1 Å². The van der Waals surface area contributed by atoms with E-state index >= 15 is 0 Å². The van der Waals surface area contributed by atoms with Gasteiger partial charge in [0.15, 0.2) is 5.82 Å². The molecule has 0 bridgehead atoms. The third-order valence-electron chi connectivity index (χ3n) is 3.36. The topological polar surface area (TPSA) is 89.0 Å². The van der Waals surface area contributed by atoms with Gasteiger partial charge >= 0.3 is 6.03 Å². The molecule has 0 spiro atoms. The van der Waals surface area contributed by atoms with Crippen LogP contribution < -0.4 is 15.6 Å². The number of rotatable bonds is 5. The Morgan fingerprint density at radius 3 is 3.04 bits per heavy atom. The molecule has 0 aliphatic rings. The molecule has 2 heterocycles. The summed E-state index contributed by atoms with van der Waals surface area (Å²) in [7, 11) is 0. The summed E-state index contributed by atoms with van der Waals surface area (Å²) in [6.45, 7) is 0.735. The molecule has 1 amide bonds. The van der Waals surface area contributed by atoms with Gasteiger partial charge < -0.3 is 15.0 Å². The van der Waals surface area contributed by atoms with E-state index in [0.717, 1.165) is 0 Å². The highest BCUT2D eigenvalue weighted by Crippen LogP contribution is 2.21. The largest absolute Gasteiger partial charge is 0.493 e. The van der Waals surface area contributed by atoms with Gasteiger partial charge in [-0.1, -0.05) is 0 Å². The normalized spacial score (nSPS) is 10.7. The van der Waals surface area contributed by atoms with Crippen LogP contribution in [0.15, 0.2) is 47.8 Å². The molecule has 0 radical (unpaired) electrons. The second-order valence-corrected chi connectivity index (χ2v) is 5.10. The summed E-state index contributed by atoms with van der Waals surface area (Å²) in [6.07, 6.45) is 5.04. The van der Waals surface area contributed by atoms with Gasteiger partial charge in [-0.25, -0.2) is 14.2 Å². The molecule has 0 fully saturated rings. The Balaban J connectivity index is 1.52. The van der Waals surface area contributed by atoms with Crippen LogP contribution in [0.5, 0.6) is 5.75 Å². The number of hydrogen-bond donors (Lipinski definition) is 2. The Hall–Kier alpha value is -3.16. The maximum Gasteiger partial charge on any atom is 0.326 e. The summed E-state index contributed by atoms with van der Waals surface area (Å²) >= 11 is 0. The lowest BCUT2D eigenvalue weighted by atomic mass is 10.2. The molecule has 3 aromatic rings. The standard InChI is InChI=1S/C16H15FN4O3/c17-13-9-12(8-11-2-3-14(22)20-15(11)13)24-7-1-4-19-16(23)21-6-5-18-10-21/h2-3,5-6,8-10H,1,4,7H2,(H,19,23)(H,20,22). The molecular weight excluding hydrogens is 315 g/mol. The van der Waals surface area contributed by atoms with Crippen molar-refractivity contribution >= 4 is 16.9 Å². The van der Waals surface area contributed by atoms with Crippen LogP contribution >= 0.6 is 0 Å². The van der Waals surface area contributed by atoms with Crippen molar-refractivity contribution in [3.63, 3.8) is 0 Å². The monoisotopic (exact) mass is 330 g/mol. The second-order valence-electron chi connectivity index (χ2n) is 5.10. The first-order valence-corrected chi connectivity index (χ1v) is 7.35. The van der Waals surface area contributed by atoms with Crippen LogP contribution in [0.4, 0.5) is 9.18 Å². The molecule has 2 N–H and O–H groups in total. The zero-order valence-electron chi connectivity index (χ0n) is 12.7. The number of H-pyrrole nitrogens is 1. The number of halogens is 1. The molecule has 7 nitrogen and oxygen atoms in total. The van der Waals surface area contributed by atoms with E-state index in [1.807, 2.05) is 0 Å². The van der Waals surface area contributed by atoms with E-state index in [4.69, 9.17) is 4.74 Å². The van der Waals surface area contributed by atoms with Crippen molar-refractivity contribution in [1.82, 2.24) is 19.9 Å². The Kier molecular flexibility index (Phi) is 4.55. The molecule has 24 heavy (non-hydrogen) atoms. The third-order valence-corrected chi connectivity index (χ3v) is 3.36. The van der Waals surface area contributed by atoms with Crippen molar-refractivity contribution in [2.24, 2.45) is 0 Å². The highest BCUT2D eigenvalue weighted by molar-refractivity contribution is 5.80. The van der Waals surface area contributed by atoms with Crippen molar-refractivity contribution in [2.45, 2.75) is 6.42 Å². The van der Waals surface area contributed by atoms with Crippen LogP contribution in [0.25, 0.3) is 10.9 Å². The minimum absolute atomic E-state index is 0.155. The van der Waals surface area contributed by atoms with Gasteiger partial charge in [-0.15, -0.1) is 0 Å². The highest BCUT2D eigenvalue weighted by atomic mass is 19.1. The van der Waals surface area contributed by atoms with Crippen molar-refractivity contribution < 1.29 is 13.9 Å². The van der Waals surface area contributed by atoms with Crippen LogP contribution in [0, 0.1) is 5.82 Å². The van der Waals surface area contributed by atoms with E-state index in [2.05, 4.69) is 15.3 Å². The van der Waals surface area contributed by atoms with Gasteiger partial charge in [0, 0.05) is 36.5 Å². The SMILES string of the molecule is O=C(NCCCOc1cc(F)c2[nH]c(=O)ccc2c1)n1ccnc1. The van der Waals surface area contributed by atoms with Crippen LogP contribution in [0.3, 0.4) is 0 Å². The third kappa shape index (κ3) is 3.60. The van der Waals surface area contributed by atoms with E-state index in [1.54, 1.807) is 12.3 Å². The smallest absolute Gasteiger partial charge is 0.326 e. The number of nitrogens with one attached hydrogen (secondary N) is 2. The predicted molar refractivity (Wildman–Crippen MR) is 85.7 cm³/mol. The molecule has 0 unspecified atom stereocenters. The quantitative estimate of drug-likeness (QED) is 0.699. The molecule has 0 atom stereocenters. The first-order valence-electron chi connectivity index (χ1n) is 7.35. The van der Waals surface area contributed by atoms with Crippen molar-refractivity contribution in [3.8, 4) is 5.75 Å². The number of fused-ring (bicyclic) bond motifs is 1. The van der Waals surface area contributed by atoms with Gasteiger partial charge in [-0.3, -0.25) is 9.36 Å². The van der Waals surface area contributed by atoms with Crippen LogP contribution in [0.2, 0.25) is 0 Å². The zero-order chi connectivity index (χ0) is 16.9. The number of imidazole rings is 1. The second kappa shape index (κ2) is 6.95. The summed E-state index contributed by atoms with van der Waals surface area (Å²) in [4.78, 5) is 29.1. The zero-order valence-corrected chi connectivity index (χ0v) is 12.7. The first kappa shape index (κ1) is 15.7. The predicted octanol–water partition coefficient (Wildman–Crippen LogP) is 1.89. The molecule has 0 saturated carbocycles. The summed E-state index contributed by atoms with van der Waals surface area (Å²) in [6, 6.07) is 5.47. The molecule has 2 aromatic heterocycles. The lowest BCUT2D eigenvalue weighted by Gasteiger charge is -2.09. The fourth-order valence-corrected chi connectivity index (χ4v) is 2.21. The van der Waals surface area contributed by atoms with E-state index < -0.39 is 5.82 Å².